The number of rotatable bonds is 4. The van der Waals surface area contributed by atoms with E-state index in [1.165, 1.54) is 17.7 Å². The molecule has 0 atom stereocenters. The van der Waals surface area contributed by atoms with Crippen LogP contribution in [0.1, 0.15) is 5.56 Å². The largest absolute Gasteiger partial charge is 0.330 e. The first-order valence-electron chi connectivity index (χ1n) is 5.74. The van der Waals surface area contributed by atoms with Crippen molar-refractivity contribution < 1.29 is 4.92 Å². The van der Waals surface area contributed by atoms with Crippen LogP contribution in [0.5, 0.6) is 0 Å². The van der Waals surface area contributed by atoms with Gasteiger partial charge in [0.15, 0.2) is 0 Å². The Kier molecular flexibility index (Phi) is 3.69. The van der Waals surface area contributed by atoms with Gasteiger partial charge in [-0.05, 0) is 41.8 Å². The highest BCUT2D eigenvalue weighted by molar-refractivity contribution is 5.65. The number of nitro groups is 1. The Morgan fingerprint density at radius 2 is 1.44 bits per heavy atom. The number of hydrogen-bond donors (Lipinski definition) is 1. The first-order chi connectivity index (χ1) is 8.70. The molecule has 0 aliphatic carbocycles. The molecule has 2 rings (SSSR count). The molecule has 18 heavy (non-hydrogen) atoms. The van der Waals surface area contributed by atoms with E-state index in [4.69, 9.17) is 5.73 Å². The first kappa shape index (κ1) is 12.3. The van der Waals surface area contributed by atoms with Crippen molar-refractivity contribution in [3.05, 3.63) is 64.2 Å². The third-order valence-electron chi connectivity index (χ3n) is 2.80. The molecule has 0 fully saturated rings. The molecule has 0 saturated carbocycles. The van der Waals surface area contributed by atoms with Gasteiger partial charge in [0.2, 0.25) is 0 Å². The molecule has 0 unspecified atom stereocenters. The number of benzene rings is 2. The summed E-state index contributed by atoms with van der Waals surface area (Å²) in [5.74, 6) is 0. The minimum absolute atomic E-state index is 0.110. The average Bonchev–Trinajstić information content (AvgIpc) is 2.40. The van der Waals surface area contributed by atoms with E-state index in [2.05, 4.69) is 0 Å². The molecule has 0 spiro atoms. The van der Waals surface area contributed by atoms with Gasteiger partial charge in [0.1, 0.15) is 0 Å². The second-order valence-electron chi connectivity index (χ2n) is 4.04. The molecular formula is C14H14N2O2. The Bertz CT molecular complexity index is 533. The van der Waals surface area contributed by atoms with Gasteiger partial charge in [0.05, 0.1) is 4.92 Å². The van der Waals surface area contributed by atoms with Crippen molar-refractivity contribution in [3.63, 3.8) is 0 Å². The van der Waals surface area contributed by atoms with Crippen LogP contribution in [0.3, 0.4) is 0 Å². The number of non-ortho nitro benzene ring substituents is 1. The van der Waals surface area contributed by atoms with Crippen LogP contribution in [0.2, 0.25) is 0 Å². The third kappa shape index (κ3) is 2.73. The smallest absolute Gasteiger partial charge is 0.269 e. The van der Waals surface area contributed by atoms with Crippen LogP contribution in [0, 0.1) is 10.1 Å². The molecule has 2 aromatic carbocycles. The molecule has 0 amide bonds. The zero-order valence-electron chi connectivity index (χ0n) is 9.87. The summed E-state index contributed by atoms with van der Waals surface area (Å²) in [6.07, 6.45) is 0.862. The van der Waals surface area contributed by atoms with E-state index in [0.717, 1.165) is 17.5 Å². The molecule has 0 heterocycles. The van der Waals surface area contributed by atoms with Gasteiger partial charge in [0, 0.05) is 12.1 Å². The average molecular weight is 242 g/mol. The van der Waals surface area contributed by atoms with Gasteiger partial charge in [-0.25, -0.2) is 0 Å². The lowest BCUT2D eigenvalue weighted by molar-refractivity contribution is -0.384. The van der Waals surface area contributed by atoms with Gasteiger partial charge >= 0.3 is 0 Å². The Morgan fingerprint density at radius 1 is 0.944 bits per heavy atom. The van der Waals surface area contributed by atoms with Crippen molar-refractivity contribution in [1.29, 1.82) is 0 Å². The fourth-order valence-electron chi connectivity index (χ4n) is 1.81. The number of nitro benzene ring substituents is 1. The lowest BCUT2D eigenvalue weighted by Gasteiger charge is -2.03. The monoisotopic (exact) mass is 242 g/mol. The highest BCUT2D eigenvalue weighted by Gasteiger charge is 2.04. The van der Waals surface area contributed by atoms with Crippen molar-refractivity contribution in [2.24, 2.45) is 5.73 Å². The SMILES string of the molecule is NCCc1ccc(-c2ccc([N+](=O)[O-])cc2)cc1. The van der Waals surface area contributed by atoms with E-state index >= 15 is 0 Å². The van der Waals surface area contributed by atoms with Crippen LogP contribution < -0.4 is 5.73 Å². The summed E-state index contributed by atoms with van der Waals surface area (Å²) in [5, 5.41) is 10.6. The summed E-state index contributed by atoms with van der Waals surface area (Å²) in [6.45, 7) is 0.636. The van der Waals surface area contributed by atoms with Gasteiger partial charge < -0.3 is 5.73 Å². The molecule has 2 N–H and O–H groups in total. The molecule has 0 radical (unpaired) electrons. The van der Waals surface area contributed by atoms with E-state index in [0.29, 0.717) is 6.54 Å². The summed E-state index contributed by atoms with van der Waals surface area (Å²) in [7, 11) is 0. The normalized spacial score (nSPS) is 10.3. The third-order valence-corrected chi connectivity index (χ3v) is 2.80. The summed E-state index contributed by atoms with van der Waals surface area (Å²) in [5.41, 5.74) is 8.82. The predicted molar refractivity (Wildman–Crippen MR) is 71.3 cm³/mol. The van der Waals surface area contributed by atoms with Gasteiger partial charge in [-0.2, -0.15) is 0 Å². The zero-order valence-corrected chi connectivity index (χ0v) is 9.87. The molecule has 0 aliphatic heterocycles. The number of hydrogen-bond acceptors (Lipinski definition) is 3. The lowest BCUT2D eigenvalue weighted by Crippen LogP contribution is -2.02. The van der Waals surface area contributed by atoms with E-state index < -0.39 is 4.92 Å². The zero-order chi connectivity index (χ0) is 13.0. The molecule has 0 saturated heterocycles. The Morgan fingerprint density at radius 3 is 1.89 bits per heavy atom. The fourth-order valence-corrected chi connectivity index (χ4v) is 1.81. The quantitative estimate of drug-likeness (QED) is 0.662. The van der Waals surface area contributed by atoms with Crippen LogP contribution >= 0.6 is 0 Å². The minimum Gasteiger partial charge on any atom is -0.330 e. The summed E-state index contributed by atoms with van der Waals surface area (Å²) >= 11 is 0. The second-order valence-corrected chi connectivity index (χ2v) is 4.04. The molecule has 0 aromatic heterocycles. The molecule has 2 aromatic rings. The maximum Gasteiger partial charge on any atom is 0.269 e. The Balaban J connectivity index is 2.23. The highest BCUT2D eigenvalue weighted by Crippen LogP contribution is 2.22. The van der Waals surface area contributed by atoms with E-state index in [-0.39, 0.29) is 5.69 Å². The Hall–Kier alpha value is -2.20. The van der Waals surface area contributed by atoms with Crippen molar-refractivity contribution >= 4 is 5.69 Å². The summed E-state index contributed by atoms with van der Waals surface area (Å²) in [4.78, 5) is 10.2. The van der Waals surface area contributed by atoms with Crippen molar-refractivity contribution in [1.82, 2.24) is 0 Å². The second kappa shape index (κ2) is 5.42. The van der Waals surface area contributed by atoms with Crippen LogP contribution in [0.15, 0.2) is 48.5 Å². The van der Waals surface area contributed by atoms with E-state index in [1.807, 2.05) is 24.3 Å². The van der Waals surface area contributed by atoms with Crippen molar-refractivity contribution in [2.75, 3.05) is 6.54 Å². The van der Waals surface area contributed by atoms with Crippen LogP contribution in [0.25, 0.3) is 11.1 Å². The van der Waals surface area contributed by atoms with Crippen LogP contribution in [-0.2, 0) is 6.42 Å². The number of nitrogens with two attached hydrogens (primary N) is 1. The van der Waals surface area contributed by atoms with Crippen molar-refractivity contribution in [2.45, 2.75) is 6.42 Å². The fraction of sp³-hybridized carbons (Fsp3) is 0.143. The maximum absolute atomic E-state index is 10.6. The molecule has 0 aliphatic rings. The first-order valence-corrected chi connectivity index (χ1v) is 5.74. The van der Waals surface area contributed by atoms with Gasteiger partial charge in [-0.1, -0.05) is 24.3 Å². The minimum atomic E-state index is -0.395. The topological polar surface area (TPSA) is 69.2 Å². The summed E-state index contributed by atoms with van der Waals surface area (Å²) < 4.78 is 0. The Labute approximate surface area is 105 Å². The maximum atomic E-state index is 10.6. The number of nitrogens with zero attached hydrogens (tertiary/aromatic N) is 1. The lowest BCUT2D eigenvalue weighted by atomic mass is 10.0. The molecular weight excluding hydrogens is 228 g/mol. The van der Waals surface area contributed by atoms with E-state index in [1.54, 1.807) is 12.1 Å². The van der Waals surface area contributed by atoms with E-state index in [9.17, 15) is 10.1 Å². The molecule has 92 valence electrons. The van der Waals surface area contributed by atoms with Gasteiger partial charge in [-0.3, -0.25) is 10.1 Å². The van der Waals surface area contributed by atoms with Gasteiger partial charge in [0.25, 0.3) is 5.69 Å². The molecule has 0 bridgehead atoms. The van der Waals surface area contributed by atoms with Crippen LogP contribution in [-0.4, -0.2) is 11.5 Å². The van der Waals surface area contributed by atoms with Gasteiger partial charge in [-0.15, -0.1) is 0 Å². The summed E-state index contributed by atoms with van der Waals surface area (Å²) in [6, 6.07) is 14.6. The molecule has 4 heteroatoms. The standard InChI is InChI=1S/C14H14N2O2/c15-10-9-11-1-3-12(4-2-11)13-5-7-14(8-6-13)16(17)18/h1-8H,9-10,15H2. The van der Waals surface area contributed by atoms with Crippen molar-refractivity contribution in [3.8, 4) is 11.1 Å². The molecule has 4 nitrogen and oxygen atoms in total. The highest BCUT2D eigenvalue weighted by atomic mass is 16.6. The van der Waals surface area contributed by atoms with Crippen LogP contribution in [0.4, 0.5) is 5.69 Å². The predicted octanol–water partition coefficient (Wildman–Crippen LogP) is 2.76.